The van der Waals surface area contributed by atoms with E-state index >= 15 is 0 Å². The van der Waals surface area contributed by atoms with Crippen LogP contribution in [0.5, 0.6) is 0 Å². The molecule has 2 rings (SSSR count). The number of ether oxygens (including phenoxy) is 4. The number of amides is 1. The lowest BCUT2D eigenvalue weighted by Gasteiger charge is -2.19. The average Bonchev–Trinajstić information content (AvgIpc) is 2.96. The maximum atomic E-state index is 11.5. The van der Waals surface area contributed by atoms with Gasteiger partial charge in [0.2, 0.25) is 0 Å². The Morgan fingerprint density at radius 3 is 2.33 bits per heavy atom. The molecule has 30 heavy (non-hydrogen) atoms. The van der Waals surface area contributed by atoms with Crippen molar-refractivity contribution < 1.29 is 23.7 Å². The topological polar surface area (TPSA) is 78.1 Å². The fourth-order valence-corrected chi connectivity index (χ4v) is 3.08. The second-order valence-electron chi connectivity index (χ2n) is 8.52. The largest absolute Gasteiger partial charge is 0.444 e. The van der Waals surface area contributed by atoms with E-state index in [0.29, 0.717) is 45.7 Å². The zero-order valence-electron chi connectivity index (χ0n) is 18.7. The van der Waals surface area contributed by atoms with Crippen LogP contribution in [0, 0.1) is 0 Å². The molecule has 0 spiro atoms. The van der Waals surface area contributed by atoms with Crippen molar-refractivity contribution in [3.63, 3.8) is 0 Å². The Morgan fingerprint density at radius 1 is 1.00 bits per heavy atom. The maximum Gasteiger partial charge on any atom is 0.407 e. The fourth-order valence-electron chi connectivity index (χ4n) is 3.08. The molecule has 0 unspecified atom stereocenters. The van der Waals surface area contributed by atoms with Gasteiger partial charge in [-0.05, 0) is 64.3 Å². The van der Waals surface area contributed by atoms with Crippen molar-refractivity contribution in [2.75, 3.05) is 39.5 Å². The first-order chi connectivity index (χ1) is 14.4. The molecule has 7 heteroatoms. The summed E-state index contributed by atoms with van der Waals surface area (Å²) in [6, 6.07) is 8.18. The number of carbonyl (C=O) groups excluding carboxylic acids is 1. The minimum Gasteiger partial charge on any atom is -0.444 e. The van der Waals surface area contributed by atoms with Gasteiger partial charge in [-0.2, -0.15) is 0 Å². The highest BCUT2D eigenvalue weighted by Gasteiger charge is 2.15. The van der Waals surface area contributed by atoms with Crippen LogP contribution in [-0.4, -0.2) is 57.3 Å². The van der Waals surface area contributed by atoms with E-state index in [4.69, 9.17) is 18.9 Å². The number of hydrogen-bond acceptors (Lipinski definition) is 6. The summed E-state index contributed by atoms with van der Waals surface area (Å²) in [5.74, 6) is 0. The molecule has 0 aliphatic carbocycles. The Kier molecular flexibility index (Phi) is 11.1. The molecule has 1 aliphatic rings. The number of carbonyl (C=O) groups is 1. The monoisotopic (exact) mass is 422 g/mol. The zero-order valence-corrected chi connectivity index (χ0v) is 18.7. The average molecular weight is 423 g/mol. The molecule has 1 amide bonds. The summed E-state index contributed by atoms with van der Waals surface area (Å²) < 4.78 is 22.4. The predicted molar refractivity (Wildman–Crippen MR) is 116 cm³/mol. The normalized spacial score (nSPS) is 17.4. The van der Waals surface area contributed by atoms with Crippen molar-refractivity contribution in [1.29, 1.82) is 0 Å². The number of rotatable bonds is 11. The first-order valence-corrected chi connectivity index (χ1v) is 10.9. The molecule has 1 saturated heterocycles. The summed E-state index contributed by atoms with van der Waals surface area (Å²) >= 11 is 0. The van der Waals surface area contributed by atoms with Crippen molar-refractivity contribution in [2.45, 2.75) is 65.0 Å². The molecule has 1 aromatic carbocycles. The van der Waals surface area contributed by atoms with Gasteiger partial charge in [0.15, 0.2) is 0 Å². The van der Waals surface area contributed by atoms with Crippen LogP contribution in [0.3, 0.4) is 0 Å². The Balaban J connectivity index is 1.50. The van der Waals surface area contributed by atoms with Gasteiger partial charge in [0.25, 0.3) is 0 Å². The summed E-state index contributed by atoms with van der Waals surface area (Å²) in [4.78, 5) is 11.5. The Labute approximate surface area is 180 Å². The number of benzene rings is 1. The molecular formula is C23H38N2O5. The third-order valence-corrected chi connectivity index (χ3v) is 4.58. The Hall–Kier alpha value is -1.67. The predicted octanol–water partition coefficient (Wildman–Crippen LogP) is 3.40. The van der Waals surface area contributed by atoms with E-state index in [1.165, 1.54) is 6.42 Å². The van der Waals surface area contributed by atoms with E-state index in [2.05, 4.69) is 22.8 Å². The highest BCUT2D eigenvalue weighted by molar-refractivity contribution is 5.67. The molecule has 1 atom stereocenters. The van der Waals surface area contributed by atoms with Crippen LogP contribution in [0.1, 0.15) is 51.2 Å². The summed E-state index contributed by atoms with van der Waals surface area (Å²) in [5, 5.41) is 6.07. The van der Waals surface area contributed by atoms with Crippen molar-refractivity contribution in [1.82, 2.24) is 10.6 Å². The van der Waals surface area contributed by atoms with Gasteiger partial charge in [-0.25, -0.2) is 4.79 Å². The summed E-state index contributed by atoms with van der Waals surface area (Å²) in [6.07, 6.45) is 3.34. The Bertz CT molecular complexity index is 593. The van der Waals surface area contributed by atoms with Gasteiger partial charge in [0.1, 0.15) is 5.60 Å². The van der Waals surface area contributed by atoms with Gasteiger partial charge < -0.3 is 29.6 Å². The first-order valence-electron chi connectivity index (χ1n) is 10.9. The summed E-state index contributed by atoms with van der Waals surface area (Å²) in [7, 11) is 0. The first kappa shape index (κ1) is 24.6. The SMILES string of the molecule is CC(C)(C)OC(=O)NCCOCc1ccc(COCCO[C@H]2CCCNCC2)cc1. The minimum atomic E-state index is -0.490. The third kappa shape index (κ3) is 11.5. The molecule has 1 aliphatic heterocycles. The maximum absolute atomic E-state index is 11.5. The number of hydrogen-bond donors (Lipinski definition) is 2. The van der Waals surface area contributed by atoms with Crippen molar-refractivity contribution in [3.05, 3.63) is 35.4 Å². The summed E-state index contributed by atoms with van der Waals surface area (Å²) in [6.45, 7) is 10.8. The quantitative estimate of drug-likeness (QED) is 0.532. The van der Waals surface area contributed by atoms with Crippen LogP contribution >= 0.6 is 0 Å². The van der Waals surface area contributed by atoms with Gasteiger partial charge in [-0.1, -0.05) is 24.3 Å². The molecule has 0 saturated carbocycles. The molecule has 0 aromatic heterocycles. The lowest BCUT2D eigenvalue weighted by Crippen LogP contribution is -2.34. The van der Waals surface area contributed by atoms with E-state index in [0.717, 1.165) is 37.1 Å². The fraction of sp³-hybridized carbons (Fsp3) is 0.696. The van der Waals surface area contributed by atoms with Gasteiger partial charge in [0, 0.05) is 6.54 Å². The van der Waals surface area contributed by atoms with Crippen LogP contribution in [0.15, 0.2) is 24.3 Å². The van der Waals surface area contributed by atoms with Crippen LogP contribution in [0.2, 0.25) is 0 Å². The summed E-state index contributed by atoms with van der Waals surface area (Å²) in [5.41, 5.74) is 1.72. The molecule has 1 aromatic rings. The van der Waals surface area contributed by atoms with Gasteiger partial charge in [-0.3, -0.25) is 0 Å². The minimum absolute atomic E-state index is 0.363. The molecule has 7 nitrogen and oxygen atoms in total. The molecule has 1 heterocycles. The zero-order chi connectivity index (χ0) is 21.7. The molecular weight excluding hydrogens is 384 g/mol. The lowest BCUT2D eigenvalue weighted by atomic mass is 10.1. The third-order valence-electron chi connectivity index (χ3n) is 4.58. The second-order valence-corrected chi connectivity index (χ2v) is 8.52. The van der Waals surface area contributed by atoms with E-state index in [1.807, 2.05) is 32.9 Å². The van der Waals surface area contributed by atoms with Crippen molar-refractivity contribution >= 4 is 6.09 Å². The molecule has 1 fully saturated rings. The van der Waals surface area contributed by atoms with Gasteiger partial charge in [-0.15, -0.1) is 0 Å². The highest BCUT2D eigenvalue weighted by atomic mass is 16.6. The van der Waals surface area contributed by atoms with Crippen LogP contribution in [-0.2, 0) is 32.2 Å². The van der Waals surface area contributed by atoms with E-state index in [1.54, 1.807) is 0 Å². The van der Waals surface area contributed by atoms with E-state index in [9.17, 15) is 4.79 Å². The van der Waals surface area contributed by atoms with Gasteiger partial charge in [0.05, 0.1) is 39.1 Å². The Morgan fingerprint density at radius 2 is 1.67 bits per heavy atom. The van der Waals surface area contributed by atoms with Crippen LogP contribution < -0.4 is 10.6 Å². The molecule has 0 radical (unpaired) electrons. The molecule has 170 valence electrons. The number of nitrogens with one attached hydrogen (secondary N) is 2. The smallest absolute Gasteiger partial charge is 0.407 e. The second kappa shape index (κ2) is 13.6. The van der Waals surface area contributed by atoms with Crippen molar-refractivity contribution in [2.24, 2.45) is 0 Å². The number of alkyl carbamates (subject to hydrolysis) is 1. The van der Waals surface area contributed by atoms with Crippen molar-refractivity contribution in [3.8, 4) is 0 Å². The molecule has 0 bridgehead atoms. The van der Waals surface area contributed by atoms with Crippen LogP contribution in [0.4, 0.5) is 4.79 Å². The molecule has 2 N–H and O–H groups in total. The van der Waals surface area contributed by atoms with E-state index in [-0.39, 0.29) is 0 Å². The van der Waals surface area contributed by atoms with Gasteiger partial charge >= 0.3 is 6.09 Å². The van der Waals surface area contributed by atoms with Crippen LogP contribution in [0.25, 0.3) is 0 Å². The standard InChI is InChI=1S/C23H38N2O5/c1-23(2,3)30-22(26)25-13-14-27-17-19-6-8-20(9-7-19)18-28-15-16-29-21-5-4-11-24-12-10-21/h6-9,21,24H,4-5,10-18H2,1-3H3,(H,25,26)/t21-/m0/s1. The van der Waals surface area contributed by atoms with E-state index < -0.39 is 11.7 Å². The lowest BCUT2D eigenvalue weighted by molar-refractivity contribution is -0.00395. The highest BCUT2D eigenvalue weighted by Crippen LogP contribution is 2.10.